The van der Waals surface area contributed by atoms with Crippen LogP contribution in [0.15, 0.2) is 6.20 Å². The van der Waals surface area contributed by atoms with Crippen LogP contribution in [0.5, 0.6) is 0 Å². The predicted molar refractivity (Wildman–Crippen MR) is 41.5 cm³/mol. The van der Waals surface area contributed by atoms with E-state index in [0.717, 1.165) is 0 Å². The van der Waals surface area contributed by atoms with Gasteiger partial charge in [0.15, 0.2) is 5.82 Å². The summed E-state index contributed by atoms with van der Waals surface area (Å²) in [6.07, 6.45) is -2.13. The lowest BCUT2D eigenvalue weighted by atomic mass is 10.1. The van der Waals surface area contributed by atoms with Crippen LogP contribution in [0.1, 0.15) is 17.7 Å². The normalized spacial score (nSPS) is 10.8. The number of rotatable bonds is 2. The van der Waals surface area contributed by atoms with Gasteiger partial charge in [-0.1, -0.05) is 0 Å². The third-order valence-corrected chi connectivity index (χ3v) is 1.62. The second-order valence-electron chi connectivity index (χ2n) is 2.39. The van der Waals surface area contributed by atoms with Crippen molar-refractivity contribution < 1.29 is 13.2 Å². The number of pyridine rings is 1. The Balaban J connectivity index is 3.30. The Kier molecular flexibility index (Phi) is 2.72. The molecule has 0 aliphatic heterocycles. The summed E-state index contributed by atoms with van der Waals surface area (Å²) >= 11 is 0. The van der Waals surface area contributed by atoms with Gasteiger partial charge in [0.1, 0.15) is 5.69 Å². The first-order chi connectivity index (χ1) is 6.07. The molecular weight excluding hydrogens is 183 g/mol. The fourth-order valence-corrected chi connectivity index (χ4v) is 0.958. The summed E-state index contributed by atoms with van der Waals surface area (Å²) in [6, 6.07) is 0. The zero-order chi connectivity index (χ0) is 10.0. The maximum Gasteiger partial charge on any atom is 0.280 e. The number of nitrogen functional groups attached to an aromatic ring is 1. The average Bonchev–Trinajstić information content (AvgIpc) is 2.09. The molecule has 1 aromatic heterocycles. The van der Waals surface area contributed by atoms with Gasteiger partial charge in [0.2, 0.25) is 0 Å². The highest BCUT2D eigenvalue weighted by atomic mass is 19.3. The first kappa shape index (κ1) is 9.79. The van der Waals surface area contributed by atoms with Crippen LogP contribution in [0.3, 0.4) is 0 Å². The molecule has 0 spiro atoms. The summed E-state index contributed by atoms with van der Waals surface area (Å²) in [5, 5.41) is 0. The number of anilines is 1. The molecule has 0 radical (unpaired) electrons. The maximum atomic E-state index is 12.7. The van der Waals surface area contributed by atoms with Gasteiger partial charge in [0, 0.05) is 12.1 Å². The molecular formula is C7H8F3N3. The Morgan fingerprint density at radius 3 is 2.54 bits per heavy atom. The summed E-state index contributed by atoms with van der Waals surface area (Å²) in [7, 11) is 0. The van der Waals surface area contributed by atoms with Gasteiger partial charge in [-0.2, -0.15) is 0 Å². The number of alkyl halides is 2. The van der Waals surface area contributed by atoms with E-state index in [1.54, 1.807) is 0 Å². The standard InChI is InChI=1S/C7H8F3N3/c8-4-2-13-6(7(9)10)3(1-11)5(4)12/h2,7H,1,11H2,(H2,12,13). The van der Waals surface area contributed by atoms with Crippen LogP contribution in [-0.4, -0.2) is 4.98 Å². The molecule has 0 bridgehead atoms. The Hall–Kier alpha value is -1.30. The Morgan fingerprint density at radius 2 is 2.08 bits per heavy atom. The molecule has 1 aromatic rings. The van der Waals surface area contributed by atoms with Crippen molar-refractivity contribution in [3.05, 3.63) is 23.3 Å². The van der Waals surface area contributed by atoms with Gasteiger partial charge in [-0.3, -0.25) is 4.98 Å². The quantitative estimate of drug-likeness (QED) is 0.738. The van der Waals surface area contributed by atoms with Gasteiger partial charge in [-0.15, -0.1) is 0 Å². The van der Waals surface area contributed by atoms with E-state index in [9.17, 15) is 13.2 Å². The molecule has 72 valence electrons. The summed E-state index contributed by atoms with van der Waals surface area (Å²) < 4.78 is 37.2. The molecule has 0 aliphatic carbocycles. The van der Waals surface area contributed by atoms with Crippen molar-refractivity contribution in [3.8, 4) is 0 Å². The van der Waals surface area contributed by atoms with Crippen molar-refractivity contribution >= 4 is 5.69 Å². The summed E-state index contributed by atoms with van der Waals surface area (Å²) in [4.78, 5) is 3.22. The number of aromatic nitrogens is 1. The SMILES string of the molecule is NCc1c(C(F)F)ncc(F)c1N. The molecule has 0 atom stereocenters. The molecule has 6 heteroatoms. The number of hydrogen-bond donors (Lipinski definition) is 2. The molecule has 3 nitrogen and oxygen atoms in total. The Bertz CT molecular complexity index is 314. The highest BCUT2D eigenvalue weighted by Crippen LogP contribution is 2.25. The number of hydrogen-bond acceptors (Lipinski definition) is 3. The van der Waals surface area contributed by atoms with Crippen LogP contribution in [0.4, 0.5) is 18.9 Å². The fourth-order valence-electron chi connectivity index (χ4n) is 0.958. The molecule has 0 amide bonds. The van der Waals surface area contributed by atoms with Gasteiger partial charge in [-0.25, -0.2) is 13.2 Å². The molecule has 1 rings (SSSR count). The van der Waals surface area contributed by atoms with Gasteiger partial charge in [0.05, 0.1) is 11.9 Å². The lowest BCUT2D eigenvalue weighted by molar-refractivity contribution is 0.144. The van der Waals surface area contributed by atoms with Crippen molar-refractivity contribution in [2.45, 2.75) is 13.0 Å². The van der Waals surface area contributed by atoms with Crippen molar-refractivity contribution in [2.75, 3.05) is 5.73 Å². The lowest BCUT2D eigenvalue weighted by Gasteiger charge is -2.08. The minimum absolute atomic E-state index is 0.130. The molecule has 4 N–H and O–H groups in total. The van der Waals surface area contributed by atoms with E-state index >= 15 is 0 Å². The third kappa shape index (κ3) is 1.72. The number of nitrogens with zero attached hydrogens (tertiary/aromatic N) is 1. The number of halogens is 3. The van der Waals surface area contributed by atoms with Crippen LogP contribution in [0.25, 0.3) is 0 Å². The highest BCUT2D eigenvalue weighted by molar-refractivity contribution is 5.49. The average molecular weight is 191 g/mol. The Morgan fingerprint density at radius 1 is 1.46 bits per heavy atom. The molecule has 0 unspecified atom stereocenters. The van der Waals surface area contributed by atoms with E-state index < -0.39 is 17.9 Å². The molecule has 0 aliphatic rings. The van der Waals surface area contributed by atoms with E-state index in [1.807, 2.05) is 0 Å². The largest absolute Gasteiger partial charge is 0.396 e. The summed E-state index contributed by atoms with van der Waals surface area (Å²) in [6.45, 7) is -0.254. The predicted octanol–water partition coefficient (Wildman–Crippen LogP) is 1.20. The van der Waals surface area contributed by atoms with E-state index in [2.05, 4.69) is 4.98 Å². The smallest absolute Gasteiger partial charge is 0.280 e. The van der Waals surface area contributed by atoms with E-state index in [0.29, 0.717) is 6.20 Å². The van der Waals surface area contributed by atoms with Crippen LogP contribution in [-0.2, 0) is 6.54 Å². The van der Waals surface area contributed by atoms with E-state index in [-0.39, 0.29) is 17.8 Å². The monoisotopic (exact) mass is 191 g/mol. The van der Waals surface area contributed by atoms with E-state index in [1.165, 1.54) is 0 Å². The minimum atomic E-state index is -2.79. The maximum absolute atomic E-state index is 12.7. The molecule has 0 saturated carbocycles. The first-order valence-corrected chi connectivity index (χ1v) is 3.49. The van der Waals surface area contributed by atoms with Crippen molar-refractivity contribution in [3.63, 3.8) is 0 Å². The third-order valence-electron chi connectivity index (χ3n) is 1.62. The lowest BCUT2D eigenvalue weighted by Crippen LogP contribution is -2.10. The van der Waals surface area contributed by atoms with Gasteiger partial charge in [0.25, 0.3) is 6.43 Å². The second kappa shape index (κ2) is 3.61. The van der Waals surface area contributed by atoms with Crippen LogP contribution < -0.4 is 11.5 Å². The summed E-state index contributed by atoms with van der Waals surface area (Å²) in [5.41, 5.74) is 9.30. The fraction of sp³-hybridized carbons (Fsp3) is 0.286. The number of nitrogens with two attached hydrogens (primary N) is 2. The molecule has 0 aromatic carbocycles. The minimum Gasteiger partial charge on any atom is -0.396 e. The first-order valence-electron chi connectivity index (χ1n) is 3.49. The van der Waals surface area contributed by atoms with Crippen molar-refractivity contribution in [1.29, 1.82) is 0 Å². The topological polar surface area (TPSA) is 64.9 Å². The zero-order valence-corrected chi connectivity index (χ0v) is 6.60. The van der Waals surface area contributed by atoms with E-state index in [4.69, 9.17) is 11.5 Å². The summed E-state index contributed by atoms with van der Waals surface area (Å²) in [5.74, 6) is -0.829. The van der Waals surface area contributed by atoms with Gasteiger partial charge in [-0.05, 0) is 0 Å². The second-order valence-corrected chi connectivity index (χ2v) is 2.39. The van der Waals surface area contributed by atoms with Crippen LogP contribution in [0.2, 0.25) is 0 Å². The molecule has 13 heavy (non-hydrogen) atoms. The van der Waals surface area contributed by atoms with Crippen molar-refractivity contribution in [2.24, 2.45) is 5.73 Å². The molecule has 0 fully saturated rings. The van der Waals surface area contributed by atoms with Gasteiger partial charge >= 0.3 is 0 Å². The molecule has 0 saturated heterocycles. The molecule has 1 heterocycles. The highest BCUT2D eigenvalue weighted by Gasteiger charge is 2.18. The zero-order valence-electron chi connectivity index (χ0n) is 6.60. The van der Waals surface area contributed by atoms with Crippen LogP contribution >= 0.6 is 0 Å². The van der Waals surface area contributed by atoms with Crippen molar-refractivity contribution in [1.82, 2.24) is 4.98 Å². The van der Waals surface area contributed by atoms with Crippen LogP contribution in [0, 0.1) is 5.82 Å². The van der Waals surface area contributed by atoms with Gasteiger partial charge < -0.3 is 11.5 Å². The Labute approximate surface area is 72.6 Å².